The van der Waals surface area contributed by atoms with E-state index in [9.17, 15) is 4.79 Å². The first-order chi connectivity index (χ1) is 9.56. The van der Waals surface area contributed by atoms with Crippen LogP contribution in [-0.4, -0.2) is 43.2 Å². The fraction of sp³-hybridized carbons (Fsp3) is 0.533. The molecule has 20 heavy (non-hydrogen) atoms. The third-order valence-electron chi connectivity index (χ3n) is 3.08. The van der Waals surface area contributed by atoms with Gasteiger partial charge in [-0.05, 0) is 25.2 Å². The summed E-state index contributed by atoms with van der Waals surface area (Å²) in [5.74, 6) is 0.102. The molecule has 0 atom stereocenters. The second-order valence-electron chi connectivity index (χ2n) is 4.81. The standard InChI is InChI=1S/C15H24N2O3/c1-4-16-10-13-6-5-12(9-14(13)20-3)11-17(2)8-7-15(18)19/h5-6,9,16H,4,7-8,10-11H2,1-3H3,(H,18,19). The molecule has 1 aromatic rings. The van der Waals surface area contributed by atoms with Gasteiger partial charge in [-0.3, -0.25) is 4.79 Å². The van der Waals surface area contributed by atoms with E-state index in [0.29, 0.717) is 13.1 Å². The molecule has 0 aromatic heterocycles. The smallest absolute Gasteiger partial charge is 0.304 e. The minimum absolute atomic E-state index is 0.159. The molecule has 0 spiro atoms. The first-order valence-corrected chi connectivity index (χ1v) is 6.83. The monoisotopic (exact) mass is 280 g/mol. The maximum absolute atomic E-state index is 10.5. The number of carbonyl (C=O) groups is 1. The van der Waals surface area contributed by atoms with E-state index in [1.165, 1.54) is 0 Å². The summed E-state index contributed by atoms with van der Waals surface area (Å²) in [6.45, 7) is 5.03. The van der Waals surface area contributed by atoms with E-state index in [4.69, 9.17) is 9.84 Å². The van der Waals surface area contributed by atoms with Crippen LogP contribution in [0.5, 0.6) is 5.75 Å². The Morgan fingerprint density at radius 2 is 2.20 bits per heavy atom. The number of carboxylic acids is 1. The van der Waals surface area contributed by atoms with Gasteiger partial charge in [-0.2, -0.15) is 0 Å². The van der Waals surface area contributed by atoms with Crippen LogP contribution in [0.15, 0.2) is 18.2 Å². The summed E-state index contributed by atoms with van der Waals surface area (Å²) in [5, 5.41) is 12.0. The lowest BCUT2D eigenvalue weighted by atomic mass is 10.1. The lowest BCUT2D eigenvalue weighted by Gasteiger charge is -2.17. The van der Waals surface area contributed by atoms with Gasteiger partial charge >= 0.3 is 5.97 Å². The highest BCUT2D eigenvalue weighted by Gasteiger charge is 2.07. The van der Waals surface area contributed by atoms with E-state index in [-0.39, 0.29) is 6.42 Å². The SMILES string of the molecule is CCNCc1ccc(CN(C)CCC(=O)O)cc1OC. The Kier molecular flexibility index (Phi) is 7.04. The molecule has 0 radical (unpaired) electrons. The van der Waals surface area contributed by atoms with Gasteiger partial charge in [0.25, 0.3) is 0 Å². The minimum Gasteiger partial charge on any atom is -0.496 e. The molecule has 5 heteroatoms. The van der Waals surface area contributed by atoms with Crippen LogP contribution in [0.3, 0.4) is 0 Å². The van der Waals surface area contributed by atoms with Crippen LogP contribution in [0.1, 0.15) is 24.5 Å². The maximum atomic E-state index is 10.5. The fourth-order valence-corrected chi connectivity index (χ4v) is 1.97. The number of rotatable bonds is 9. The van der Waals surface area contributed by atoms with Crippen molar-refractivity contribution in [3.8, 4) is 5.75 Å². The van der Waals surface area contributed by atoms with Gasteiger partial charge in [0.15, 0.2) is 0 Å². The lowest BCUT2D eigenvalue weighted by Crippen LogP contribution is -2.21. The number of aliphatic carboxylic acids is 1. The van der Waals surface area contributed by atoms with Crippen molar-refractivity contribution < 1.29 is 14.6 Å². The number of benzene rings is 1. The summed E-state index contributed by atoms with van der Waals surface area (Å²) >= 11 is 0. The van der Waals surface area contributed by atoms with Crippen molar-refractivity contribution in [1.82, 2.24) is 10.2 Å². The topological polar surface area (TPSA) is 61.8 Å². The Morgan fingerprint density at radius 1 is 1.45 bits per heavy atom. The summed E-state index contributed by atoms with van der Waals surface area (Å²) in [5.41, 5.74) is 2.25. The van der Waals surface area contributed by atoms with Crippen molar-refractivity contribution >= 4 is 5.97 Å². The van der Waals surface area contributed by atoms with Crippen LogP contribution in [-0.2, 0) is 17.9 Å². The first kappa shape index (κ1) is 16.5. The molecule has 0 bridgehead atoms. The van der Waals surface area contributed by atoms with Gasteiger partial charge in [0.05, 0.1) is 13.5 Å². The van der Waals surface area contributed by atoms with E-state index < -0.39 is 5.97 Å². The molecule has 0 amide bonds. The number of nitrogens with zero attached hydrogens (tertiary/aromatic N) is 1. The van der Waals surface area contributed by atoms with Crippen LogP contribution in [0.4, 0.5) is 0 Å². The molecule has 0 aliphatic carbocycles. The molecule has 0 heterocycles. The Labute approximate surface area is 120 Å². The summed E-state index contributed by atoms with van der Waals surface area (Å²) < 4.78 is 5.41. The van der Waals surface area contributed by atoms with Crippen LogP contribution in [0, 0.1) is 0 Å². The summed E-state index contributed by atoms with van der Waals surface area (Å²) in [6, 6.07) is 6.14. The molecule has 1 aromatic carbocycles. The molecule has 2 N–H and O–H groups in total. The quantitative estimate of drug-likeness (QED) is 0.721. The van der Waals surface area contributed by atoms with Gasteiger partial charge < -0.3 is 20.1 Å². The zero-order valence-corrected chi connectivity index (χ0v) is 12.5. The molecule has 0 aliphatic rings. The van der Waals surface area contributed by atoms with Crippen molar-refractivity contribution in [1.29, 1.82) is 0 Å². The van der Waals surface area contributed by atoms with Gasteiger partial charge in [-0.1, -0.05) is 19.1 Å². The number of methoxy groups -OCH3 is 1. The van der Waals surface area contributed by atoms with E-state index in [0.717, 1.165) is 30.0 Å². The highest BCUT2D eigenvalue weighted by atomic mass is 16.5. The second-order valence-corrected chi connectivity index (χ2v) is 4.81. The number of hydrogen-bond acceptors (Lipinski definition) is 4. The zero-order chi connectivity index (χ0) is 15.0. The summed E-state index contributed by atoms with van der Waals surface area (Å²) in [7, 11) is 3.59. The predicted octanol–water partition coefficient (Wildman–Crippen LogP) is 1.71. The molecule has 112 valence electrons. The Bertz CT molecular complexity index is 435. The fourth-order valence-electron chi connectivity index (χ4n) is 1.97. The van der Waals surface area contributed by atoms with Gasteiger partial charge in [0.1, 0.15) is 5.75 Å². The van der Waals surface area contributed by atoms with Gasteiger partial charge in [0, 0.05) is 25.2 Å². The van der Waals surface area contributed by atoms with Gasteiger partial charge in [-0.15, -0.1) is 0 Å². The van der Waals surface area contributed by atoms with Crippen molar-refractivity contribution in [2.75, 3.05) is 27.2 Å². The van der Waals surface area contributed by atoms with Gasteiger partial charge in [0.2, 0.25) is 0 Å². The zero-order valence-electron chi connectivity index (χ0n) is 12.5. The number of hydrogen-bond donors (Lipinski definition) is 2. The van der Waals surface area contributed by atoms with E-state index in [1.54, 1.807) is 7.11 Å². The van der Waals surface area contributed by atoms with E-state index in [2.05, 4.69) is 24.4 Å². The van der Waals surface area contributed by atoms with Crippen LogP contribution in [0.25, 0.3) is 0 Å². The molecule has 0 fully saturated rings. The van der Waals surface area contributed by atoms with Crippen molar-refractivity contribution in [3.63, 3.8) is 0 Å². The number of ether oxygens (including phenoxy) is 1. The Balaban J connectivity index is 2.64. The van der Waals surface area contributed by atoms with E-state index >= 15 is 0 Å². The molecule has 1 rings (SSSR count). The average molecular weight is 280 g/mol. The highest BCUT2D eigenvalue weighted by molar-refractivity contribution is 5.66. The summed E-state index contributed by atoms with van der Waals surface area (Å²) in [4.78, 5) is 12.5. The molecular formula is C15H24N2O3. The first-order valence-electron chi connectivity index (χ1n) is 6.83. The average Bonchev–Trinajstić information content (AvgIpc) is 2.43. The molecule has 0 saturated heterocycles. The van der Waals surface area contributed by atoms with Crippen molar-refractivity contribution in [2.24, 2.45) is 0 Å². The molecular weight excluding hydrogens is 256 g/mol. The second kappa shape index (κ2) is 8.55. The van der Waals surface area contributed by atoms with Crippen molar-refractivity contribution in [3.05, 3.63) is 29.3 Å². The lowest BCUT2D eigenvalue weighted by molar-refractivity contribution is -0.137. The predicted molar refractivity (Wildman–Crippen MR) is 79.0 cm³/mol. The third kappa shape index (κ3) is 5.59. The van der Waals surface area contributed by atoms with Crippen LogP contribution in [0.2, 0.25) is 0 Å². The number of nitrogens with one attached hydrogen (secondary N) is 1. The minimum atomic E-state index is -0.768. The third-order valence-corrected chi connectivity index (χ3v) is 3.08. The Morgan fingerprint density at radius 3 is 2.80 bits per heavy atom. The highest BCUT2D eigenvalue weighted by Crippen LogP contribution is 2.21. The normalized spacial score (nSPS) is 10.8. The summed E-state index contributed by atoms with van der Waals surface area (Å²) in [6.07, 6.45) is 0.159. The largest absolute Gasteiger partial charge is 0.496 e. The van der Waals surface area contributed by atoms with Crippen LogP contribution >= 0.6 is 0 Å². The maximum Gasteiger partial charge on any atom is 0.304 e. The molecule has 0 aliphatic heterocycles. The van der Waals surface area contributed by atoms with Gasteiger partial charge in [-0.25, -0.2) is 0 Å². The molecule has 5 nitrogen and oxygen atoms in total. The van der Waals surface area contributed by atoms with E-state index in [1.807, 2.05) is 18.0 Å². The van der Waals surface area contributed by atoms with Crippen LogP contribution < -0.4 is 10.1 Å². The number of carboxylic acid groups (broad SMARTS) is 1. The Hall–Kier alpha value is -1.59. The molecule has 0 saturated carbocycles. The van der Waals surface area contributed by atoms with Crippen molar-refractivity contribution in [2.45, 2.75) is 26.4 Å². The molecule has 0 unspecified atom stereocenters.